The summed E-state index contributed by atoms with van der Waals surface area (Å²) in [7, 11) is 0. The lowest BCUT2D eigenvalue weighted by molar-refractivity contribution is -0.129. The fraction of sp³-hybridized carbons (Fsp3) is 0.818. The van der Waals surface area contributed by atoms with Gasteiger partial charge in [0.25, 0.3) is 0 Å². The molecule has 1 unspecified atom stereocenters. The van der Waals surface area contributed by atoms with Crippen LogP contribution in [0.2, 0.25) is 0 Å². The van der Waals surface area contributed by atoms with E-state index in [4.69, 9.17) is 0 Å². The van der Waals surface area contributed by atoms with Crippen molar-refractivity contribution in [3.05, 3.63) is 0 Å². The van der Waals surface area contributed by atoms with E-state index in [9.17, 15) is 9.59 Å². The molecule has 1 heterocycles. The van der Waals surface area contributed by atoms with Gasteiger partial charge in [-0.15, -0.1) is 0 Å². The first-order valence-corrected chi connectivity index (χ1v) is 5.60. The molecular formula is C11H20N2O2. The zero-order valence-electron chi connectivity index (χ0n) is 9.75. The second-order valence-electron chi connectivity index (χ2n) is 4.37. The third kappa shape index (κ3) is 3.22. The topological polar surface area (TPSA) is 49.4 Å². The fourth-order valence-corrected chi connectivity index (χ4v) is 1.83. The lowest BCUT2D eigenvalue weighted by Gasteiger charge is -2.21. The molecule has 1 saturated heterocycles. The summed E-state index contributed by atoms with van der Waals surface area (Å²) in [6.07, 6.45) is 1.08. The Morgan fingerprint density at radius 3 is 2.73 bits per heavy atom. The van der Waals surface area contributed by atoms with Crippen molar-refractivity contribution in [2.24, 2.45) is 5.92 Å². The highest BCUT2D eigenvalue weighted by atomic mass is 16.2. The Morgan fingerprint density at radius 1 is 1.60 bits per heavy atom. The van der Waals surface area contributed by atoms with Crippen molar-refractivity contribution >= 4 is 11.8 Å². The molecule has 15 heavy (non-hydrogen) atoms. The molecule has 1 atom stereocenters. The minimum absolute atomic E-state index is 0.0606. The molecule has 4 nitrogen and oxygen atoms in total. The van der Waals surface area contributed by atoms with Crippen molar-refractivity contribution in [1.29, 1.82) is 0 Å². The van der Waals surface area contributed by atoms with E-state index in [2.05, 4.69) is 5.32 Å². The number of nitrogens with one attached hydrogen (secondary N) is 1. The summed E-state index contributed by atoms with van der Waals surface area (Å²) >= 11 is 0. The number of carbonyl (C=O) groups is 2. The second-order valence-corrected chi connectivity index (χ2v) is 4.37. The molecule has 0 aromatic rings. The molecule has 1 aliphatic rings. The summed E-state index contributed by atoms with van der Waals surface area (Å²) in [5, 5.41) is 2.84. The minimum Gasteiger partial charge on any atom is -0.356 e. The van der Waals surface area contributed by atoms with E-state index >= 15 is 0 Å². The molecule has 1 fully saturated rings. The van der Waals surface area contributed by atoms with Crippen molar-refractivity contribution < 1.29 is 9.59 Å². The van der Waals surface area contributed by atoms with Gasteiger partial charge in [0.05, 0.1) is 0 Å². The zero-order valence-corrected chi connectivity index (χ0v) is 9.75. The standard InChI is InChI=1S/C11H20N2O2/c1-4-10(14)12-6-9-5-11(15)13(7-9)8(2)3/h8-9H,4-7H2,1-3H3,(H,12,14). The Labute approximate surface area is 91.0 Å². The predicted octanol–water partition coefficient (Wildman–Crippen LogP) is 0.769. The maximum absolute atomic E-state index is 11.6. The molecule has 1 aliphatic heterocycles. The first kappa shape index (κ1) is 12.0. The summed E-state index contributed by atoms with van der Waals surface area (Å²) in [6, 6.07) is 0.268. The van der Waals surface area contributed by atoms with Crippen molar-refractivity contribution in [1.82, 2.24) is 10.2 Å². The van der Waals surface area contributed by atoms with Gasteiger partial charge in [0.15, 0.2) is 0 Å². The SMILES string of the molecule is CCC(=O)NCC1CC(=O)N(C(C)C)C1. The van der Waals surface area contributed by atoms with E-state index in [1.807, 2.05) is 25.7 Å². The highest BCUT2D eigenvalue weighted by Crippen LogP contribution is 2.19. The number of likely N-dealkylation sites (tertiary alicyclic amines) is 1. The molecule has 0 aromatic carbocycles. The van der Waals surface area contributed by atoms with E-state index in [1.165, 1.54) is 0 Å². The molecule has 86 valence electrons. The number of nitrogens with zero attached hydrogens (tertiary/aromatic N) is 1. The van der Waals surface area contributed by atoms with Crippen LogP contribution in [0.5, 0.6) is 0 Å². The third-order valence-electron chi connectivity index (χ3n) is 2.77. The number of rotatable bonds is 4. The number of carbonyl (C=O) groups excluding carboxylic acids is 2. The van der Waals surface area contributed by atoms with Crippen LogP contribution in [-0.2, 0) is 9.59 Å². The maximum atomic E-state index is 11.6. The largest absolute Gasteiger partial charge is 0.356 e. The van der Waals surface area contributed by atoms with Crippen molar-refractivity contribution in [3.63, 3.8) is 0 Å². The Balaban J connectivity index is 2.35. The predicted molar refractivity (Wildman–Crippen MR) is 58.3 cm³/mol. The number of hydrogen-bond donors (Lipinski definition) is 1. The van der Waals surface area contributed by atoms with Crippen molar-refractivity contribution in [2.75, 3.05) is 13.1 Å². The average molecular weight is 212 g/mol. The lowest BCUT2D eigenvalue weighted by Crippen LogP contribution is -2.34. The van der Waals surface area contributed by atoms with Crippen molar-refractivity contribution in [3.8, 4) is 0 Å². The van der Waals surface area contributed by atoms with Gasteiger partial charge < -0.3 is 10.2 Å². The van der Waals surface area contributed by atoms with Gasteiger partial charge in [-0.25, -0.2) is 0 Å². The van der Waals surface area contributed by atoms with Crippen LogP contribution < -0.4 is 5.32 Å². The van der Waals surface area contributed by atoms with Gasteiger partial charge in [-0.3, -0.25) is 9.59 Å². The Kier molecular flexibility index (Phi) is 4.12. The van der Waals surface area contributed by atoms with E-state index in [0.717, 1.165) is 6.54 Å². The maximum Gasteiger partial charge on any atom is 0.223 e. The molecule has 0 aromatic heterocycles. The van der Waals surface area contributed by atoms with E-state index in [0.29, 0.717) is 19.4 Å². The minimum atomic E-state index is 0.0606. The first-order chi connectivity index (χ1) is 7.04. The van der Waals surface area contributed by atoms with Gasteiger partial charge in [-0.2, -0.15) is 0 Å². The highest BCUT2D eigenvalue weighted by Gasteiger charge is 2.30. The molecule has 4 heteroatoms. The molecule has 0 spiro atoms. The average Bonchev–Trinajstić information content (AvgIpc) is 2.56. The summed E-state index contributed by atoms with van der Waals surface area (Å²) in [6.45, 7) is 7.27. The van der Waals surface area contributed by atoms with Crippen LogP contribution in [0.4, 0.5) is 0 Å². The molecule has 0 aliphatic carbocycles. The molecule has 0 radical (unpaired) electrons. The van der Waals surface area contributed by atoms with Crippen LogP contribution in [0.1, 0.15) is 33.6 Å². The van der Waals surface area contributed by atoms with Gasteiger partial charge in [0.1, 0.15) is 0 Å². The molecule has 0 saturated carbocycles. The molecular weight excluding hydrogens is 192 g/mol. The summed E-state index contributed by atoms with van der Waals surface area (Å²) in [5.41, 5.74) is 0. The highest BCUT2D eigenvalue weighted by molar-refractivity contribution is 5.79. The Hall–Kier alpha value is -1.06. The van der Waals surface area contributed by atoms with E-state index < -0.39 is 0 Å². The van der Waals surface area contributed by atoms with Crippen LogP contribution >= 0.6 is 0 Å². The smallest absolute Gasteiger partial charge is 0.223 e. The Bertz CT molecular complexity index is 251. The van der Waals surface area contributed by atoms with Gasteiger partial charge in [-0.05, 0) is 13.8 Å². The normalized spacial score (nSPS) is 21.2. The van der Waals surface area contributed by atoms with Gasteiger partial charge >= 0.3 is 0 Å². The van der Waals surface area contributed by atoms with Crippen LogP contribution in [0.3, 0.4) is 0 Å². The summed E-state index contributed by atoms with van der Waals surface area (Å²) < 4.78 is 0. The quantitative estimate of drug-likeness (QED) is 0.748. The number of hydrogen-bond acceptors (Lipinski definition) is 2. The number of amides is 2. The molecule has 1 N–H and O–H groups in total. The monoisotopic (exact) mass is 212 g/mol. The van der Waals surface area contributed by atoms with Crippen LogP contribution in [0, 0.1) is 5.92 Å². The van der Waals surface area contributed by atoms with Gasteiger partial charge in [-0.1, -0.05) is 6.92 Å². The van der Waals surface area contributed by atoms with Gasteiger partial charge in [0.2, 0.25) is 11.8 Å². The summed E-state index contributed by atoms with van der Waals surface area (Å²) in [5.74, 6) is 0.557. The Morgan fingerprint density at radius 2 is 2.27 bits per heavy atom. The second kappa shape index (κ2) is 5.14. The molecule has 0 bridgehead atoms. The molecule has 2 amide bonds. The molecule has 1 rings (SSSR count). The van der Waals surface area contributed by atoms with E-state index in [-0.39, 0.29) is 23.8 Å². The lowest BCUT2D eigenvalue weighted by atomic mass is 10.1. The van der Waals surface area contributed by atoms with Gasteiger partial charge in [0, 0.05) is 37.9 Å². The first-order valence-electron chi connectivity index (χ1n) is 5.60. The van der Waals surface area contributed by atoms with Crippen molar-refractivity contribution in [2.45, 2.75) is 39.7 Å². The summed E-state index contributed by atoms with van der Waals surface area (Å²) in [4.78, 5) is 24.5. The zero-order chi connectivity index (χ0) is 11.4. The fourth-order valence-electron chi connectivity index (χ4n) is 1.83. The third-order valence-corrected chi connectivity index (χ3v) is 2.77. The van der Waals surface area contributed by atoms with Crippen LogP contribution in [0.25, 0.3) is 0 Å². The van der Waals surface area contributed by atoms with E-state index in [1.54, 1.807) is 0 Å². The van der Waals surface area contributed by atoms with Crippen LogP contribution in [-0.4, -0.2) is 35.8 Å². The van der Waals surface area contributed by atoms with Crippen LogP contribution in [0.15, 0.2) is 0 Å².